The Morgan fingerprint density at radius 2 is 1.89 bits per heavy atom. The summed E-state index contributed by atoms with van der Waals surface area (Å²) in [6, 6.07) is 8.37. The third kappa shape index (κ3) is 3.11. The van der Waals surface area contributed by atoms with Crippen molar-refractivity contribution < 1.29 is 18.6 Å². The molecule has 0 saturated heterocycles. The molecule has 19 heavy (non-hydrogen) atoms. The maximum absolute atomic E-state index is 13.7. The highest BCUT2D eigenvalue weighted by Crippen LogP contribution is 2.34. The highest BCUT2D eigenvalue weighted by atomic mass is 79.9. The topological polar surface area (TPSA) is 29.5 Å². The molecule has 0 unspecified atom stereocenters. The predicted molar refractivity (Wildman–Crippen MR) is 71.2 cm³/mol. The van der Waals surface area contributed by atoms with Gasteiger partial charge in [-0.3, -0.25) is 0 Å². The standard InChI is InChI=1S/C14H11BrF2O2/c1-8(18)10-3-2-4-11(16)14(10)19-13-6-5-9(15)7-12(13)17/h2-8,18H,1H3/t8-/m1/s1. The number of rotatable bonds is 3. The summed E-state index contributed by atoms with van der Waals surface area (Å²) in [6.45, 7) is 1.49. The van der Waals surface area contributed by atoms with Crippen LogP contribution in [0.25, 0.3) is 0 Å². The number of halogens is 3. The smallest absolute Gasteiger partial charge is 0.168 e. The van der Waals surface area contributed by atoms with Gasteiger partial charge in [-0.15, -0.1) is 0 Å². The highest BCUT2D eigenvalue weighted by Gasteiger charge is 2.16. The molecule has 0 heterocycles. The van der Waals surface area contributed by atoms with E-state index in [4.69, 9.17) is 4.74 Å². The minimum atomic E-state index is -0.913. The molecule has 5 heteroatoms. The summed E-state index contributed by atoms with van der Waals surface area (Å²) >= 11 is 3.12. The molecule has 1 atom stereocenters. The Labute approximate surface area is 117 Å². The van der Waals surface area contributed by atoms with E-state index in [9.17, 15) is 13.9 Å². The van der Waals surface area contributed by atoms with Crippen molar-refractivity contribution in [1.29, 1.82) is 0 Å². The Morgan fingerprint density at radius 3 is 2.53 bits per heavy atom. The number of aliphatic hydroxyl groups is 1. The normalized spacial score (nSPS) is 12.3. The predicted octanol–water partition coefficient (Wildman–Crippen LogP) is 4.57. The molecule has 0 amide bonds. The van der Waals surface area contributed by atoms with E-state index < -0.39 is 17.7 Å². The molecule has 2 nitrogen and oxygen atoms in total. The van der Waals surface area contributed by atoms with Gasteiger partial charge in [0.1, 0.15) is 0 Å². The van der Waals surface area contributed by atoms with Crippen molar-refractivity contribution in [3.63, 3.8) is 0 Å². The lowest BCUT2D eigenvalue weighted by Crippen LogP contribution is -1.99. The van der Waals surface area contributed by atoms with Gasteiger partial charge in [0.15, 0.2) is 23.1 Å². The SMILES string of the molecule is C[C@@H](O)c1cccc(F)c1Oc1ccc(Br)cc1F. The summed E-state index contributed by atoms with van der Waals surface area (Å²) in [5.74, 6) is -1.54. The summed E-state index contributed by atoms with van der Waals surface area (Å²) in [6.07, 6.45) is -0.913. The second kappa shape index (κ2) is 5.67. The van der Waals surface area contributed by atoms with Gasteiger partial charge in [-0.25, -0.2) is 8.78 Å². The maximum atomic E-state index is 13.7. The second-order valence-electron chi connectivity index (χ2n) is 4.01. The van der Waals surface area contributed by atoms with Gasteiger partial charge >= 0.3 is 0 Å². The van der Waals surface area contributed by atoms with Crippen LogP contribution in [0.3, 0.4) is 0 Å². The van der Waals surface area contributed by atoms with Gasteiger partial charge in [-0.2, -0.15) is 0 Å². The molecule has 0 bridgehead atoms. The number of ether oxygens (including phenoxy) is 1. The van der Waals surface area contributed by atoms with Gasteiger partial charge in [-0.1, -0.05) is 28.1 Å². The zero-order valence-corrected chi connectivity index (χ0v) is 11.6. The van der Waals surface area contributed by atoms with Crippen molar-refractivity contribution in [3.8, 4) is 11.5 Å². The van der Waals surface area contributed by atoms with Crippen molar-refractivity contribution >= 4 is 15.9 Å². The molecular weight excluding hydrogens is 318 g/mol. The van der Waals surface area contributed by atoms with E-state index >= 15 is 0 Å². The Bertz CT molecular complexity index is 600. The fourth-order valence-electron chi connectivity index (χ4n) is 1.63. The zero-order valence-electron chi connectivity index (χ0n) is 10.0. The lowest BCUT2D eigenvalue weighted by molar-refractivity contribution is 0.194. The molecule has 0 fully saturated rings. The molecule has 0 aliphatic rings. The highest BCUT2D eigenvalue weighted by molar-refractivity contribution is 9.10. The van der Waals surface area contributed by atoms with E-state index in [0.717, 1.165) is 0 Å². The molecular formula is C14H11BrF2O2. The van der Waals surface area contributed by atoms with E-state index in [2.05, 4.69) is 15.9 Å². The first-order valence-electron chi connectivity index (χ1n) is 5.58. The minimum Gasteiger partial charge on any atom is -0.451 e. The molecule has 0 spiro atoms. The quantitative estimate of drug-likeness (QED) is 0.894. The summed E-state index contributed by atoms with van der Waals surface area (Å²) in [5, 5.41) is 9.57. The summed E-state index contributed by atoms with van der Waals surface area (Å²) < 4.78 is 33.2. The maximum Gasteiger partial charge on any atom is 0.168 e. The Kier molecular flexibility index (Phi) is 4.17. The van der Waals surface area contributed by atoms with E-state index in [1.807, 2.05) is 0 Å². The van der Waals surface area contributed by atoms with E-state index in [1.165, 1.54) is 37.3 Å². The van der Waals surface area contributed by atoms with Crippen LogP contribution in [0.15, 0.2) is 40.9 Å². The van der Waals surface area contributed by atoms with Gasteiger partial charge in [-0.05, 0) is 31.2 Å². The van der Waals surface area contributed by atoms with Crippen molar-refractivity contribution in [2.45, 2.75) is 13.0 Å². The average molecular weight is 329 g/mol. The molecule has 2 aromatic rings. The van der Waals surface area contributed by atoms with Gasteiger partial charge in [0, 0.05) is 10.0 Å². The zero-order chi connectivity index (χ0) is 14.0. The first-order chi connectivity index (χ1) is 8.99. The second-order valence-corrected chi connectivity index (χ2v) is 4.93. The molecule has 1 N–H and O–H groups in total. The first kappa shape index (κ1) is 14.0. The lowest BCUT2D eigenvalue weighted by atomic mass is 10.1. The summed E-state index contributed by atoms with van der Waals surface area (Å²) in [4.78, 5) is 0. The molecule has 0 aliphatic carbocycles. The Balaban J connectivity index is 2.43. The molecule has 2 rings (SSSR count). The van der Waals surface area contributed by atoms with Crippen molar-refractivity contribution in [2.24, 2.45) is 0 Å². The minimum absolute atomic E-state index is 0.102. The monoisotopic (exact) mass is 328 g/mol. The molecule has 0 aromatic heterocycles. The lowest BCUT2D eigenvalue weighted by Gasteiger charge is -2.14. The first-order valence-corrected chi connectivity index (χ1v) is 6.37. The summed E-state index contributed by atoms with van der Waals surface area (Å²) in [5.41, 5.74) is 0.266. The fraction of sp³-hybridized carbons (Fsp3) is 0.143. The molecule has 0 aliphatic heterocycles. The van der Waals surface area contributed by atoms with Crippen LogP contribution in [0, 0.1) is 11.6 Å². The third-order valence-electron chi connectivity index (χ3n) is 2.55. The molecule has 0 radical (unpaired) electrons. The van der Waals surface area contributed by atoms with Crippen LogP contribution >= 0.6 is 15.9 Å². The van der Waals surface area contributed by atoms with Crippen LogP contribution in [0.2, 0.25) is 0 Å². The number of para-hydroxylation sites is 1. The van der Waals surface area contributed by atoms with E-state index in [0.29, 0.717) is 4.47 Å². The van der Waals surface area contributed by atoms with Gasteiger partial charge in [0.25, 0.3) is 0 Å². The van der Waals surface area contributed by atoms with Gasteiger partial charge in [0.2, 0.25) is 0 Å². The average Bonchev–Trinajstić information content (AvgIpc) is 2.34. The van der Waals surface area contributed by atoms with E-state index in [-0.39, 0.29) is 17.1 Å². The third-order valence-corrected chi connectivity index (χ3v) is 3.05. The fourth-order valence-corrected chi connectivity index (χ4v) is 1.96. The van der Waals surface area contributed by atoms with Crippen molar-refractivity contribution in [2.75, 3.05) is 0 Å². The van der Waals surface area contributed by atoms with Crippen LogP contribution in [0.5, 0.6) is 11.5 Å². The van der Waals surface area contributed by atoms with Crippen LogP contribution < -0.4 is 4.74 Å². The van der Waals surface area contributed by atoms with Crippen molar-refractivity contribution in [3.05, 3.63) is 58.1 Å². The van der Waals surface area contributed by atoms with Crippen LogP contribution in [-0.4, -0.2) is 5.11 Å². The largest absolute Gasteiger partial charge is 0.451 e. The van der Waals surface area contributed by atoms with E-state index in [1.54, 1.807) is 6.07 Å². The molecule has 100 valence electrons. The Morgan fingerprint density at radius 1 is 1.16 bits per heavy atom. The summed E-state index contributed by atoms with van der Waals surface area (Å²) in [7, 11) is 0. The number of benzene rings is 2. The van der Waals surface area contributed by atoms with Crippen LogP contribution in [-0.2, 0) is 0 Å². The Hall–Kier alpha value is -1.46. The van der Waals surface area contributed by atoms with Gasteiger partial charge in [0.05, 0.1) is 6.10 Å². The van der Waals surface area contributed by atoms with Crippen LogP contribution in [0.4, 0.5) is 8.78 Å². The number of hydrogen-bond donors (Lipinski definition) is 1. The number of aliphatic hydroxyl groups excluding tert-OH is 1. The molecule has 2 aromatic carbocycles. The number of hydrogen-bond acceptors (Lipinski definition) is 2. The van der Waals surface area contributed by atoms with Crippen LogP contribution in [0.1, 0.15) is 18.6 Å². The molecule has 0 saturated carbocycles. The van der Waals surface area contributed by atoms with Gasteiger partial charge < -0.3 is 9.84 Å². The van der Waals surface area contributed by atoms with Crippen molar-refractivity contribution in [1.82, 2.24) is 0 Å².